The number of thiophene rings is 2. The quantitative estimate of drug-likeness (QED) is 0.181. The van der Waals surface area contributed by atoms with Crippen LogP contribution < -0.4 is 4.90 Å². The van der Waals surface area contributed by atoms with Gasteiger partial charge >= 0.3 is 0 Å². The van der Waals surface area contributed by atoms with Crippen LogP contribution in [0.3, 0.4) is 0 Å². The summed E-state index contributed by atoms with van der Waals surface area (Å²) in [6, 6.07) is 62.4. The van der Waals surface area contributed by atoms with Crippen molar-refractivity contribution in [2.45, 2.75) is 0 Å². The van der Waals surface area contributed by atoms with Crippen molar-refractivity contribution in [1.29, 1.82) is 0 Å². The van der Waals surface area contributed by atoms with Crippen molar-refractivity contribution < 1.29 is 0 Å². The average Bonchev–Trinajstić information content (AvgIpc) is 3.86. The highest BCUT2D eigenvalue weighted by atomic mass is 32.1. The minimum Gasteiger partial charge on any atom is -0.308 e. The third kappa shape index (κ3) is 4.01. The van der Waals surface area contributed by atoms with Crippen LogP contribution in [0.1, 0.15) is 0 Å². The van der Waals surface area contributed by atoms with Gasteiger partial charge in [0.15, 0.2) is 0 Å². The van der Waals surface area contributed by atoms with E-state index < -0.39 is 0 Å². The van der Waals surface area contributed by atoms with Crippen molar-refractivity contribution in [3.8, 4) is 5.69 Å². The molecular weight excluding hydrogens is 645 g/mol. The summed E-state index contributed by atoms with van der Waals surface area (Å²) >= 11 is 3.76. The molecule has 0 fully saturated rings. The number of para-hydroxylation sites is 3. The van der Waals surface area contributed by atoms with Crippen molar-refractivity contribution in [1.82, 2.24) is 4.57 Å². The first kappa shape index (κ1) is 28.0. The van der Waals surface area contributed by atoms with Crippen molar-refractivity contribution in [2.24, 2.45) is 0 Å². The first-order chi connectivity index (χ1) is 24.8. The number of nitrogens with zero attached hydrogens (tertiary/aromatic N) is 2. The summed E-state index contributed by atoms with van der Waals surface area (Å²) in [4.78, 5) is 2.51. The molecule has 0 aliphatic carbocycles. The number of aromatic nitrogens is 1. The molecule has 0 bridgehead atoms. The highest BCUT2D eigenvalue weighted by Gasteiger charge is 2.24. The smallest absolute Gasteiger partial charge is 0.0782 e. The van der Waals surface area contributed by atoms with E-state index in [-0.39, 0.29) is 0 Å². The molecule has 2 nitrogen and oxygen atoms in total. The molecule has 50 heavy (non-hydrogen) atoms. The van der Waals surface area contributed by atoms with E-state index in [0.717, 1.165) is 17.1 Å². The van der Waals surface area contributed by atoms with Gasteiger partial charge in [0.1, 0.15) is 0 Å². The Bertz CT molecular complexity index is 3110. The minimum atomic E-state index is 1.14. The molecule has 0 unspecified atom stereocenters. The first-order valence-corrected chi connectivity index (χ1v) is 18.6. The second-order valence-corrected chi connectivity index (χ2v) is 15.0. The minimum absolute atomic E-state index is 1.14. The molecule has 0 N–H and O–H groups in total. The molecule has 8 aromatic carbocycles. The topological polar surface area (TPSA) is 8.17 Å². The van der Waals surface area contributed by atoms with Crippen LogP contribution >= 0.6 is 22.7 Å². The van der Waals surface area contributed by atoms with Crippen molar-refractivity contribution in [3.63, 3.8) is 0 Å². The molecule has 0 atom stereocenters. The lowest BCUT2D eigenvalue weighted by Gasteiger charge is -2.28. The van der Waals surface area contributed by atoms with E-state index in [1.807, 2.05) is 22.7 Å². The first-order valence-electron chi connectivity index (χ1n) is 16.9. The van der Waals surface area contributed by atoms with Gasteiger partial charge in [0.2, 0.25) is 0 Å². The largest absolute Gasteiger partial charge is 0.308 e. The Morgan fingerprint density at radius 2 is 1.08 bits per heavy atom. The van der Waals surface area contributed by atoms with Crippen molar-refractivity contribution >= 4 is 113 Å². The molecule has 234 valence electrons. The molecule has 3 heterocycles. The van der Waals surface area contributed by atoms with Crippen LogP contribution in [0, 0.1) is 0 Å². The van der Waals surface area contributed by atoms with E-state index in [4.69, 9.17) is 0 Å². The molecule has 3 aromatic heterocycles. The zero-order valence-electron chi connectivity index (χ0n) is 26.9. The molecule has 0 aliphatic rings. The van der Waals surface area contributed by atoms with Gasteiger partial charge in [0.25, 0.3) is 0 Å². The number of hydrogen-bond acceptors (Lipinski definition) is 3. The average molecular weight is 673 g/mol. The summed E-state index contributed by atoms with van der Waals surface area (Å²) in [6.45, 7) is 0. The maximum atomic E-state index is 2.51. The van der Waals surface area contributed by atoms with Gasteiger partial charge in [0, 0.05) is 62.5 Å². The Morgan fingerprint density at radius 1 is 0.420 bits per heavy atom. The maximum absolute atomic E-state index is 2.51. The van der Waals surface area contributed by atoms with Crippen molar-refractivity contribution in [3.05, 3.63) is 170 Å². The predicted molar refractivity (Wildman–Crippen MR) is 219 cm³/mol. The fraction of sp³-hybridized carbons (Fsp3) is 0. The fourth-order valence-electron chi connectivity index (χ4n) is 8.01. The highest BCUT2D eigenvalue weighted by molar-refractivity contribution is 7.26. The van der Waals surface area contributed by atoms with Gasteiger partial charge in [-0.1, -0.05) is 109 Å². The molecular formula is C46H28N2S2. The van der Waals surface area contributed by atoms with Crippen LogP contribution in [-0.2, 0) is 0 Å². The molecule has 0 radical (unpaired) electrons. The lowest BCUT2D eigenvalue weighted by atomic mass is 10.0. The lowest BCUT2D eigenvalue weighted by molar-refractivity contribution is 1.17. The second kappa shape index (κ2) is 10.8. The summed E-state index contributed by atoms with van der Waals surface area (Å²) in [5.41, 5.74) is 7.00. The zero-order chi connectivity index (χ0) is 32.8. The van der Waals surface area contributed by atoms with Crippen LogP contribution in [-0.4, -0.2) is 4.57 Å². The highest BCUT2D eigenvalue weighted by Crippen LogP contribution is 2.49. The summed E-state index contributed by atoms with van der Waals surface area (Å²) in [6.07, 6.45) is 0. The monoisotopic (exact) mass is 672 g/mol. The molecule has 11 aromatic rings. The number of benzene rings is 8. The third-order valence-corrected chi connectivity index (χ3v) is 12.5. The molecule has 0 amide bonds. The van der Waals surface area contributed by atoms with Gasteiger partial charge in [0.05, 0.1) is 22.4 Å². The van der Waals surface area contributed by atoms with Gasteiger partial charge < -0.3 is 9.47 Å². The summed E-state index contributed by atoms with van der Waals surface area (Å²) in [7, 11) is 0. The normalized spacial score (nSPS) is 12.0. The zero-order valence-corrected chi connectivity index (χ0v) is 28.5. The maximum Gasteiger partial charge on any atom is 0.0782 e. The van der Waals surface area contributed by atoms with Crippen LogP contribution in [0.4, 0.5) is 17.1 Å². The van der Waals surface area contributed by atoms with Gasteiger partial charge in [-0.05, 0) is 71.4 Å². The lowest BCUT2D eigenvalue weighted by Crippen LogP contribution is -2.12. The fourth-order valence-corrected chi connectivity index (χ4v) is 10.4. The van der Waals surface area contributed by atoms with E-state index in [1.165, 1.54) is 78.6 Å². The molecule has 0 saturated heterocycles. The van der Waals surface area contributed by atoms with E-state index >= 15 is 0 Å². The summed E-state index contributed by atoms with van der Waals surface area (Å²) in [5, 5.41) is 10.3. The van der Waals surface area contributed by atoms with Crippen LogP contribution in [0.25, 0.3) is 78.6 Å². The van der Waals surface area contributed by atoms with Crippen LogP contribution in [0.2, 0.25) is 0 Å². The molecule has 0 spiro atoms. The number of anilines is 3. The van der Waals surface area contributed by atoms with Gasteiger partial charge in [-0.2, -0.15) is 0 Å². The van der Waals surface area contributed by atoms with E-state index in [0.29, 0.717) is 0 Å². The second-order valence-electron chi connectivity index (χ2n) is 12.9. The molecule has 11 rings (SSSR count). The van der Waals surface area contributed by atoms with E-state index in [2.05, 4.69) is 179 Å². The summed E-state index contributed by atoms with van der Waals surface area (Å²) < 4.78 is 7.71. The van der Waals surface area contributed by atoms with Crippen LogP contribution in [0.5, 0.6) is 0 Å². The van der Waals surface area contributed by atoms with Crippen molar-refractivity contribution in [2.75, 3.05) is 4.90 Å². The van der Waals surface area contributed by atoms with Gasteiger partial charge in [-0.3, -0.25) is 0 Å². The Kier molecular flexibility index (Phi) is 6.03. The van der Waals surface area contributed by atoms with E-state index in [9.17, 15) is 0 Å². The SMILES string of the molecule is c1ccc(-n2c3ccccc3c3cccc(N(c4ccc5c(ccc6c7ccccc7sc56)c4)c4cccc5sc6ccccc6c45)c32)cc1. The Hall–Kier alpha value is -5.94. The van der Waals surface area contributed by atoms with Gasteiger partial charge in [-0.15, -0.1) is 22.7 Å². The molecule has 4 heteroatoms. The molecule has 0 saturated carbocycles. The Labute approximate surface area is 296 Å². The standard InChI is InChI=1S/C46H28N2S2/c1-2-12-30(13-3-1)48-38-18-7-4-14-33(38)35-17-10-20-40(45(35)48)47(39-19-11-23-43-44(39)37-16-6-9-22-42(37)49-43)31-25-27-32-29(28-31)24-26-36-34-15-5-8-21-41(34)50-46(32)36/h1-28H. The third-order valence-electron chi connectivity index (χ3n) is 10.2. The Balaban J connectivity index is 1.26. The number of hydrogen-bond donors (Lipinski definition) is 0. The predicted octanol–water partition coefficient (Wildman–Crippen LogP) is 14.1. The Morgan fingerprint density at radius 3 is 1.96 bits per heavy atom. The molecule has 0 aliphatic heterocycles. The number of rotatable bonds is 4. The van der Waals surface area contributed by atoms with Gasteiger partial charge in [-0.25, -0.2) is 0 Å². The number of fused-ring (bicyclic) bond motifs is 11. The van der Waals surface area contributed by atoms with Crippen LogP contribution in [0.15, 0.2) is 170 Å². The van der Waals surface area contributed by atoms with E-state index in [1.54, 1.807) is 0 Å². The summed E-state index contributed by atoms with van der Waals surface area (Å²) in [5.74, 6) is 0.